The van der Waals surface area contributed by atoms with Crippen molar-refractivity contribution in [2.75, 3.05) is 26.7 Å². The number of benzene rings is 1. The van der Waals surface area contributed by atoms with E-state index < -0.39 is 6.10 Å². The molecule has 0 aliphatic heterocycles. The van der Waals surface area contributed by atoms with E-state index in [1.54, 1.807) is 18.2 Å². The Morgan fingerprint density at radius 3 is 2.79 bits per heavy atom. The molecule has 108 valence electrons. The summed E-state index contributed by atoms with van der Waals surface area (Å²) in [5.74, 6) is -0.267. The molecule has 0 spiro atoms. The smallest absolute Gasteiger partial charge is 0.128 e. The predicted octanol–water partition coefficient (Wildman–Crippen LogP) is 2.44. The molecule has 19 heavy (non-hydrogen) atoms. The first-order valence-electron chi connectivity index (χ1n) is 6.81. The van der Waals surface area contributed by atoms with Crippen molar-refractivity contribution in [2.45, 2.75) is 32.5 Å². The molecule has 0 saturated heterocycles. The number of unbranched alkanes of at least 4 members (excludes halogenated alkanes) is 1. The van der Waals surface area contributed by atoms with E-state index in [1.807, 2.05) is 7.05 Å². The number of aliphatic hydroxyl groups excluding tert-OH is 1. The van der Waals surface area contributed by atoms with Gasteiger partial charge in [-0.05, 0) is 26.1 Å². The van der Waals surface area contributed by atoms with Crippen LogP contribution in [0.25, 0.3) is 0 Å². The van der Waals surface area contributed by atoms with E-state index in [0.29, 0.717) is 12.1 Å². The van der Waals surface area contributed by atoms with Gasteiger partial charge >= 0.3 is 0 Å². The molecule has 0 fully saturated rings. The summed E-state index contributed by atoms with van der Waals surface area (Å²) in [5.41, 5.74) is 0.522. The fourth-order valence-corrected chi connectivity index (χ4v) is 1.85. The number of rotatable bonds is 9. The molecular formula is C15H24FNO2. The topological polar surface area (TPSA) is 32.7 Å². The normalized spacial score (nSPS) is 12.9. The Balaban J connectivity index is 2.20. The Hall–Kier alpha value is -0.970. The summed E-state index contributed by atoms with van der Waals surface area (Å²) in [4.78, 5) is 2.08. The number of halogens is 1. The summed E-state index contributed by atoms with van der Waals surface area (Å²) < 4.78 is 18.7. The molecule has 1 aromatic rings. The molecule has 1 atom stereocenters. The van der Waals surface area contributed by atoms with Crippen molar-refractivity contribution in [3.63, 3.8) is 0 Å². The maximum Gasteiger partial charge on any atom is 0.128 e. The fraction of sp³-hybridized carbons (Fsp3) is 0.600. The molecular weight excluding hydrogens is 245 g/mol. The molecule has 1 aromatic carbocycles. The number of aliphatic hydroxyl groups is 1. The first kappa shape index (κ1) is 16.1. The Morgan fingerprint density at radius 2 is 2.11 bits per heavy atom. The van der Waals surface area contributed by atoms with E-state index in [4.69, 9.17) is 4.74 Å². The molecule has 3 nitrogen and oxygen atoms in total. The van der Waals surface area contributed by atoms with E-state index in [-0.39, 0.29) is 19.0 Å². The minimum absolute atomic E-state index is 0.197. The number of nitrogens with zero attached hydrogens (tertiary/aromatic N) is 1. The van der Waals surface area contributed by atoms with Gasteiger partial charge in [0.25, 0.3) is 0 Å². The highest BCUT2D eigenvalue weighted by atomic mass is 19.1. The average Bonchev–Trinajstić information content (AvgIpc) is 2.38. The number of hydrogen-bond donors (Lipinski definition) is 1. The van der Waals surface area contributed by atoms with Gasteiger partial charge in [0.05, 0.1) is 19.3 Å². The van der Waals surface area contributed by atoms with Gasteiger partial charge in [0.15, 0.2) is 0 Å². The van der Waals surface area contributed by atoms with Crippen LogP contribution >= 0.6 is 0 Å². The zero-order valence-electron chi connectivity index (χ0n) is 11.8. The summed E-state index contributed by atoms with van der Waals surface area (Å²) in [7, 11) is 1.98. The van der Waals surface area contributed by atoms with Crippen molar-refractivity contribution in [2.24, 2.45) is 0 Å². The molecule has 0 amide bonds. The molecule has 0 radical (unpaired) electrons. The SMILES string of the molecule is CCCCN(C)CC(O)COCc1ccccc1F. The minimum Gasteiger partial charge on any atom is -0.389 e. The van der Waals surface area contributed by atoms with Crippen LogP contribution in [0, 0.1) is 5.82 Å². The van der Waals surface area contributed by atoms with Crippen LogP contribution < -0.4 is 0 Å². The van der Waals surface area contributed by atoms with Crippen LogP contribution in [0.2, 0.25) is 0 Å². The molecule has 4 heteroatoms. The summed E-state index contributed by atoms with van der Waals surface area (Å²) in [6.45, 7) is 4.12. The van der Waals surface area contributed by atoms with Crippen molar-refractivity contribution in [1.29, 1.82) is 0 Å². The highest BCUT2D eigenvalue weighted by Crippen LogP contribution is 2.07. The van der Waals surface area contributed by atoms with Crippen molar-refractivity contribution in [3.8, 4) is 0 Å². The standard InChI is InChI=1S/C15H24FNO2/c1-3-4-9-17(2)10-14(18)12-19-11-13-7-5-6-8-15(13)16/h5-8,14,18H,3-4,9-12H2,1-2H3. The number of ether oxygens (including phenoxy) is 1. The highest BCUT2D eigenvalue weighted by molar-refractivity contribution is 5.16. The van der Waals surface area contributed by atoms with Crippen molar-refractivity contribution < 1.29 is 14.2 Å². The Labute approximate surface area is 115 Å². The van der Waals surface area contributed by atoms with E-state index >= 15 is 0 Å². The maximum atomic E-state index is 13.3. The third-order valence-corrected chi connectivity index (χ3v) is 2.94. The predicted molar refractivity (Wildman–Crippen MR) is 74.5 cm³/mol. The summed E-state index contributed by atoms with van der Waals surface area (Å²) in [5, 5.41) is 9.81. The third-order valence-electron chi connectivity index (χ3n) is 2.94. The van der Waals surface area contributed by atoms with Gasteiger partial charge in [-0.3, -0.25) is 0 Å². The molecule has 1 rings (SSSR count). The molecule has 0 aromatic heterocycles. The zero-order valence-corrected chi connectivity index (χ0v) is 11.8. The Morgan fingerprint density at radius 1 is 1.37 bits per heavy atom. The van der Waals surface area contributed by atoms with Crippen LogP contribution in [0.4, 0.5) is 4.39 Å². The lowest BCUT2D eigenvalue weighted by atomic mass is 10.2. The molecule has 1 N–H and O–H groups in total. The summed E-state index contributed by atoms with van der Waals surface area (Å²) in [6.07, 6.45) is 1.73. The Bertz CT molecular complexity index is 360. The summed E-state index contributed by atoms with van der Waals surface area (Å²) in [6, 6.07) is 6.52. The second kappa shape index (κ2) is 9.02. The molecule has 0 heterocycles. The van der Waals surface area contributed by atoms with Crippen LogP contribution in [-0.4, -0.2) is 42.9 Å². The molecule has 0 aliphatic carbocycles. The first-order chi connectivity index (χ1) is 9.13. The molecule has 0 aliphatic rings. The van der Waals surface area contributed by atoms with E-state index in [9.17, 15) is 9.50 Å². The molecule has 1 unspecified atom stereocenters. The highest BCUT2D eigenvalue weighted by Gasteiger charge is 2.09. The lowest BCUT2D eigenvalue weighted by Gasteiger charge is -2.20. The van der Waals surface area contributed by atoms with Crippen LogP contribution in [-0.2, 0) is 11.3 Å². The van der Waals surface area contributed by atoms with Gasteiger partial charge < -0.3 is 14.7 Å². The van der Waals surface area contributed by atoms with Crippen LogP contribution in [0.5, 0.6) is 0 Å². The number of likely N-dealkylation sites (N-methyl/N-ethyl adjacent to an activating group) is 1. The number of hydrogen-bond acceptors (Lipinski definition) is 3. The van der Waals surface area contributed by atoms with Gasteiger partial charge in [0.2, 0.25) is 0 Å². The van der Waals surface area contributed by atoms with Crippen LogP contribution in [0.1, 0.15) is 25.3 Å². The first-order valence-corrected chi connectivity index (χ1v) is 6.81. The van der Waals surface area contributed by atoms with Gasteiger partial charge in [-0.2, -0.15) is 0 Å². The maximum absolute atomic E-state index is 13.3. The second-order valence-electron chi connectivity index (χ2n) is 4.88. The van der Waals surface area contributed by atoms with Gasteiger partial charge in [0, 0.05) is 12.1 Å². The van der Waals surface area contributed by atoms with Gasteiger partial charge in [-0.25, -0.2) is 4.39 Å². The zero-order chi connectivity index (χ0) is 14.1. The summed E-state index contributed by atoms with van der Waals surface area (Å²) >= 11 is 0. The average molecular weight is 269 g/mol. The van der Waals surface area contributed by atoms with E-state index in [2.05, 4.69) is 11.8 Å². The van der Waals surface area contributed by atoms with Gasteiger partial charge in [0.1, 0.15) is 5.82 Å². The van der Waals surface area contributed by atoms with Gasteiger partial charge in [-0.1, -0.05) is 31.5 Å². The van der Waals surface area contributed by atoms with Crippen molar-refractivity contribution >= 4 is 0 Å². The second-order valence-corrected chi connectivity index (χ2v) is 4.88. The molecule has 0 saturated carbocycles. The van der Waals surface area contributed by atoms with Gasteiger partial charge in [-0.15, -0.1) is 0 Å². The van der Waals surface area contributed by atoms with Crippen LogP contribution in [0.15, 0.2) is 24.3 Å². The lowest BCUT2D eigenvalue weighted by molar-refractivity contribution is 0.0128. The quantitative estimate of drug-likeness (QED) is 0.747. The third kappa shape index (κ3) is 6.66. The minimum atomic E-state index is -0.534. The van der Waals surface area contributed by atoms with Crippen molar-refractivity contribution in [3.05, 3.63) is 35.6 Å². The Kier molecular flexibility index (Phi) is 7.63. The van der Waals surface area contributed by atoms with E-state index in [0.717, 1.165) is 19.4 Å². The lowest BCUT2D eigenvalue weighted by Crippen LogP contribution is -2.32. The van der Waals surface area contributed by atoms with E-state index in [1.165, 1.54) is 6.07 Å². The van der Waals surface area contributed by atoms with Crippen molar-refractivity contribution in [1.82, 2.24) is 4.90 Å². The largest absolute Gasteiger partial charge is 0.389 e. The van der Waals surface area contributed by atoms with Crippen LogP contribution in [0.3, 0.4) is 0 Å². The fourth-order valence-electron chi connectivity index (χ4n) is 1.85. The molecule has 0 bridgehead atoms. The monoisotopic (exact) mass is 269 g/mol.